The molecule has 4 rings (SSSR count). The van der Waals surface area contributed by atoms with Crippen molar-refractivity contribution in [3.05, 3.63) is 21.4 Å². The van der Waals surface area contributed by atoms with Crippen LogP contribution in [0.25, 0.3) is 10.2 Å². The Morgan fingerprint density at radius 1 is 1.05 bits per heavy atom. The van der Waals surface area contributed by atoms with Gasteiger partial charge in [0.05, 0.1) is 18.5 Å². The van der Waals surface area contributed by atoms with Gasteiger partial charge in [0.25, 0.3) is 0 Å². The van der Waals surface area contributed by atoms with Crippen molar-refractivity contribution in [1.29, 1.82) is 0 Å². The van der Waals surface area contributed by atoms with Crippen LogP contribution in [0.4, 0.5) is 0 Å². The van der Waals surface area contributed by atoms with Crippen molar-refractivity contribution in [2.45, 2.75) is 45.1 Å². The van der Waals surface area contributed by atoms with E-state index in [-0.39, 0.29) is 0 Å². The lowest BCUT2D eigenvalue weighted by atomic mass is 9.97. The van der Waals surface area contributed by atoms with Crippen LogP contribution in [0.2, 0.25) is 5.15 Å². The molecule has 0 unspecified atom stereocenters. The maximum Gasteiger partial charge on any atom is 0.186 e. The molecule has 2 aromatic rings. The van der Waals surface area contributed by atoms with Gasteiger partial charge in [0, 0.05) is 17.7 Å². The molecule has 0 saturated carbocycles. The highest BCUT2D eigenvalue weighted by atomic mass is 35.5. The summed E-state index contributed by atoms with van der Waals surface area (Å²) in [6, 6.07) is 0. The van der Waals surface area contributed by atoms with E-state index in [1.54, 1.807) is 4.90 Å². The molecule has 20 heavy (non-hydrogen) atoms. The topological polar surface area (TPSA) is 30.2 Å². The number of rotatable bonds is 2. The molecule has 0 amide bonds. The van der Waals surface area contributed by atoms with Crippen molar-refractivity contribution in [2.24, 2.45) is 0 Å². The molecular weight excluding hydrogens is 290 g/mol. The lowest BCUT2D eigenvalue weighted by Crippen LogP contribution is -3.08. The number of aromatic nitrogens is 2. The second kappa shape index (κ2) is 5.24. The third kappa shape index (κ3) is 2.24. The zero-order valence-electron chi connectivity index (χ0n) is 11.5. The number of likely N-dealkylation sites (tertiary alicyclic amines) is 1. The van der Waals surface area contributed by atoms with Gasteiger partial charge in [-0.25, -0.2) is 9.97 Å². The molecule has 1 saturated heterocycles. The van der Waals surface area contributed by atoms with Crippen molar-refractivity contribution in [3.63, 3.8) is 0 Å². The Morgan fingerprint density at radius 2 is 1.85 bits per heavy atom. The van der Waals surface area contributed by atoms with E-state index in [9.17, 15) is 0 Å². The molecule has 2 aliphatic rings. The van der Waals surface area contributed by atoms with E-state index in [0.717, 1.165) is 29.0 Å². The highest BCUT2D eigenvalue weighted by molar-refractivity contribution is 7.19. The Morgan fingerprint density at radius 3 is 2.70 bits per heavy atom. The summed E-state index contributed by atoms with van der Waals surface area (Å²) < 4.78 is 0. The SMILES string of the molecule is Clc1nc(C[NH+]2CCCC2)nc2sc3c(c12)CCCC3. The molecule has 0 spiro atoms. The van der Waals surface area contributed by atoms with Crippen LogP contribution in [-0.4, -0.2) is 23.1 Å². The van der Waals surface area contributed by atoms with E-state index in [0.29, 0.717) is 5.15 Å². The fourth-order valence-corrected chi connectivity index (χ4v) is 5.15. The zero-order chi connectivity index (χ0) is 13.5. The molecule has 0 bridgehead atoms. The van der Waals surface area contributed by atoms with Gasteiger partial charge in [-0.1, -0.05) is 11.6 Å². The van der Waals surface area contributed by atoms with Crippen LogP contribution in [0.1, 0.15) is 41.9 Å². The van der Waals surface area contributed by atoms with Gasteiger partial charge in [-0.05, 0) is 31.2 Å². The summed E-state index contributed by atoms with van der Waals surface area (Å²) in [5.41, 5.74) is 1.43. The Balaban J connectivity index is 1.73. The van der Waals surface area contributed by atoms with Crippen molar-refractivity contribution >= 4 is 33.2 Å². The second-order valence-electron chi connectivity index (χ2n) is 5.96. The number of nitrogens with zero attached hydrogens (tertiary/aromatic N) is 2. The molecule has 2 aromatic heterocycles. The Hall–Kier alpha value is -0.710. The predicted octanol–water partition coefficient (Wildman–Crippen LogP) is 2.40. The molecule has 1 fully saturated rings. The molecule has 0 atom stereocenters. The van der Waals surface area contributed by atoms with Crippen LogP contribution in [-0.2, 0) is 19.4 Å². The van der Waals surface area contributed by atoms with Crippen LogP contribution < -0.4 is 4.90 Å². The van der Waals surface area contributed by atoms with E-state index in [1.807, 2.05) is 11.3 Å². The minimum atomic E-state index is 0.683. The molecule has 3 nitrogen and oxygen atoms in total. The molecule has 1 N–H and O–H groups in total. The fraction of sp³-hybridized carbons (Fsp3) is 0.600. The molecule has 3 heterocycles. The van der Waals surface area contributed by atoms with Crippen LogP contribution in [0.15, 0.2) is 0 Å². The lowest BCUT2D eigenvalue weighted by molar-refractivity contribution is -0.902. The van der Waals surface area contributed by atoms with Crippen molar-refractivity contribution in [3.8, 4) is 0 Å². The number of quaternary nitrogens is 1. The summed E-state index contributed by atoms with van der Waals surface area (Å²) in [4.78, 5) is 13.6. The fourth-order valence-electron chi connectivity index (χ4n) is 3.51. The third-order valence-corrected chi connectivity index (χ3v) is 5.99. The number of hydrogen-bond acceptors (Lipinski definition) is 3. The summed E-state index contributed by atoms with van der Waals surface area (Å²) in [7, 11) is 0. The molecule has 0 aromatic carbocycles. The maximum absolute atomic E-state index is 6.47. The lowest BCUT2D eigenvalue weighted by Gasteiger charge is -2.12. The minimum Gasteiger partial charge on any atom is -0.329 e. The summed E-state index contributed by atoms with van der Waals surface area (Å²) in [5, 5.41) is 1.83. The number of thiophene rings is 1. The first kappa shape index (κ1) is 13.0. The van der Waals surface area contributed by atoms with Gasteiger partial charge in [0.15, 0.2) is 5.82 Å². The van der Waals surface area contributed by atoms with E-state index < -0.39 is 0 Å². The second-order valence-corrected chi connectivity index (χ2v) is 7.40. The average Bonchev–Trinajstić information content (AvgIpc) is 3.05. The Labute approximate surface area is 128 Å². The smallest absolute Gasteiger partial charge is 0.186 e. The van der Waals surface area contributed by atoms with E-state index in [1.165, 1.54) is 55.6 Å². The minimum absolute atomic E-state index is 0.683. The predicted molar refractivity (Wildman–Crippen MR) is 82.7 cm³/mol. The van der Waals surface area contributed by atoms with Gasteiger partial charge in [0.2, 0.25) is 0 Å². The molecule has 1 aliphatic carbocycles. The van der Waals surface area contributed by atoms with Crippen LogP contribution >= 0.6 is 22.9 Å². The van der Waals surface area contributed by atoms with Gasteiger partial charge >= 0.3 is 0 Å². The molecule has 106 valence electrons. The molecular formula is C15H19ClN3S+. The highest BCUT2D eigenvalue weighted by Crippen LogP contribution is 2.38. The van der Waals surface area contributed by atoms with Gasteiger partial charge in [0.1, 0.15) is 16.5 Å². The van der Waals surface area contributed by atoms with Crippen molar-refractivity contribution in [2.75, 3.05) is 13.1 Å². The average molecular weight is 309 g/mol. The molecule has 5 heteroatoms. The Bertz CT molecular complexity index is 646. The summed E-state index contributed by atoms with van der Waals surface area (Å²) in [6.07, 6.45) is 7.58. The number of nitrogens with one attached hydrogen (secondary N) is 1. The Kier molecular flexibility index (Phi) is 3.41. The maximum atomic E-state index is 6.47. The third-order valence-electron chi connectivity index (χ3n) is 4.54. The summed E-state index contributed by atoms with van der Waals surface area (Å²) >= 11 is 8.31. The van der Waals surface area contributed by atoms with Crippen molar-refractivity contribution < 1.29 is 4.90 Å². The zero-order valence-corrected chi connectivity index (χ0v) is 13.1. The van der Waals surface area contributed by atoms with E-state index in [4.69, 9.17) is 16.6 Å². The summed E-state index contributed by atoms with van der Waals surface area (Å²) in [6.45, 7) is 3.43. The summed E-state index contributed by atoms with van der Waals surface area (Å²) in [5.74, 6) is 0.929. The number of hydrogen-bond donors (Lipinski definition) is 1. The van der Waals surface area contributed by atoms with E-state index in [2.05, 4.69) is 4.98 Å². The first-order valence-electron chi connectivity index (χ1n) is 7.61. The number of halogens is 1. The van der Waals surface area contributed by atoms with Crippen LogP contribution in [0.5, 0.6) is 0 Å². The number of fused-ring (bicyclic) bond motifs is 3. The van der Waals surface area contributed by atoms with E-state index >= 15 is 0 Å². The highest BCUT2D eigenvalue weighted by Gasteiger charge is 2.22. The van der Waals surface area contributed by atoms with Crippen molar-refractivity contribution in [1.82, 2.24) is 9.97 Å². The normalized spacial score (nSPS) is 19.6. The largest absolute Gasteiger partial charge is 0.329 e. The first-order valence-corrected chi connectivity index (χ1v) is 8.81. The van der Waals surface area contributed by atoms with Crippen LogP contribution in [0, 0.1) is 0 Å². The monoisotopic (exact) mass is 308 g/mol. The van der Waals surface area contributed by atoms with Gasteiger partial charge in [-0.2, -0.15) is 0 Å². The van der Waals surface area contributed by atoms with Crippen LogP contribution in [0.3, 0.4) is 0 Å². The quantitative estimate of drug-likeness (QED) is 0.864. The first-order chi connectivity index (χ1) is 9.81. The molecule has 0 radical (unpaired) electrons. The number of aryl methyl sites for hydroxylation is 2. The molecule has 1 aliphatic heterocycles. The van der Waals surface area contributed by atoms with Gasteiger partial charge < -0.3 is 4.90 Å². The van der Waals surface area contributed by atoms with Gasteiger partial charge in [-0.15, -0.1) is 11.3 Å². The van der Waals surface area contributed by atoms with Gasteiger partial charge in [-0.3, -0.25) is 0 Å². The standard InChI is InChI=1S/C15H18ClN3S/c16-14-13-10-5-1-2-6-11(10)20-15(13)18-12(17-14)9-19-7-3-4-8-19/h1-9H2/p+1.